The van der Waals surface area contributed by atoms with Crippen LogP contribution in [0.15, 0.2) is 22.8 Å². The van der Waals surface area contributed by atoms with E-state index in [1.165, 1.54) is 0 Å². The number of hydrogen-bond acceptors (Lipinski definition) is 5. The van der Waals surface area contributed by atoms with Crippen LogP contribution in [0.5, 0.6) is 0 Å². The molecule has 1 aliphatic rings. The predicted octanol–water partition coefficient (Wildman–Crippen LogP) is 1.74. The van der Waals surface area contributed by atoms with Gasteiger partial charge < -0.3 is 4.90 Å². The molecule has 0 atom stereocenters. The third kappa shape index (κ3) is 2.27. The monoisotopic (exact) mass is 256 g/mol. The number of benzene rings is 1. The highest BCUT2D eigenvalue weighted by atomic mass is 16.6. The summed E-state index contributed by atoms with van der Waals surface area (Å²) in [6.45, 7) is 0.481. The highest BCUT2D eigenvalue weighted by molar-refractivity contribution is 5.97. The molecule has 2 aromatic rings. The summed E-state index contributed by atoms with van der Waals surface area (Å²) < 4.78 is 4.62. The van der Waals surface area contributed by atoms with Crippen LogP contribution < -0.4 is 0 Å². The molecule has 0 unspecified atom stereocenters. The molecule has 0 radical (unpaired) electrons. The number of carbonyl (C=O) groups is 1. The minimum Gasteiger partial charge on any atom is -0.335 e. The van der Waals surface area contributed by atoms with Gasteiger partial charge in [0.15, 0.2) is 0 Å². The summed E-state index contributed by atoms with van der Waals surface area (Å²) >= 11 is 0. The second kappa shape index (κ2) is 4.69. The minimum absolute atomic E-state index is 0.0531. The summed E-state index contributed by atoms with van der Waals surface area (Å²) in [4.78, 5) is 14.2. The Labute approximate surface area is 109 Å². The number of amides is 1. The first-order valence-corrected chi connectivity index (χ1v) is 6.20. The lowest BCUT2D eigenvalue weighted by molar-refractivity contribution is 0.0747. The zero-order chi connectivity index (χ0) is 13.2. The topological polar surface area (TPSA) is 83.0 Å². The van der Waals surface area contributed by atoms with E-state index < -0.39 is 0 Å². The van der Waals surface area contributed by atoms with E-state index in [2.05, 4.69) is 21.0 Å². The van der Waals surface area contributed by atoms with Gasteiger partial charge >= 0.3 is 0 Å². The van der Waals surface area contributed by atoms with Crippen molar-refractivity contribution < 1.29 is 9.42 Å². The second-order valence-corrected chi connectivity index (χ2v) is 4.61. The van der Waals surface area contributed by atoms with Gasteiger partial charge in [0.1, 0.15) is 11.0 Å². The number of carbonyl (C=O) groups excluding carboxylic acids is 1. The fourth-order valence-corrected chi connectivity index (χ4v) is 2.09. The predicted molar refractivity (Wildman–Crippen MR) is 66.1 cm³/mol. The standard InChI is InChI=1S/C13H12N4O2/c14-6-1-7-17(10-3-4-10)13(18)9-2-5-11-12(8-9)16-19-15-11/h2,5,8,10H,1,3-4,7H2. The Kier molecular flexibility index (Phi) is 2.88. The molecule has 1 saturated carbocycles. The average molecular weight is 256 g/mol. The first-order chi connectivity index (χ1) is 9.29. The van der Waals surface area contributed by atoms with Crippen molar-refractivity contribution in [2.45, 2.75) is 25.3 Å². The number of nitrogens with zero attached hydrogens (tertiary/aromatic N) is 4. The summed E-state index contributed by atoms with van der Waals surface area (Å²) in [7, 11) is 0. The first kappa shape index (κ1) is 11.7. The number of fused-ring (bicyclic) bond motifs is 1. The van der Waals surface area contributed by atoms with E-state index in [4.69, 9.17) is 5.26 Å². The van der Waals surface area contributed by atoms with Crippen molar-refractivity contribution in [3.63, 3.8) is 0 Å². The quantitative estimate of drug-likeness (QED) is 0.832. The van der Waals surface area contributed by atoms with Crippen molar-refractivity contribution in [1.29, 1.82) is 5.26 Å². The van der Waals surface area contributed by atoms with Gasteiger partial charge in [-0.2, -0.15) is 5.26 Å². The van der Waals surface area contributed by atoms with E-state index in [1.807, 2.05) is 0 Å². The van der Waals surface area contributed by atoms with E-state index in [0.717, 1.165) is 12.8 Å². The molecule has 0 spiro atoms. The van der Waals surface area contributed by atoms with Gasteiger partial charge in [-0.25, -0.2) is 4.63 Å². The van der Waals surface area contributed by atoms with Crippen molar-refractivity contribution >= 4 is 16.9 Å². The fraction of sp³-hybridized carbons (Fsp3) is 0.385. The normalized spacial score (nSPS) is 14.3. The zero-order valence-corrected chi connectivity index (χ0v) is 10.2. The lowest BCUT2D eigenvalue weighted by Crippen LogP contribution is -2.33. The average Bonchev–Trinajstić information content (AvgIpc) is 3.15. The second-order valence-electron chi connectivity index (χ2n) is 4.61. The molecule has 1 fully saturated rings. The third-order valence-electron chi connectivity index (χ3n) is 3.21. The number of hydrogen-bond donors (Lipinski definition) is 0. The van der Waals surface area contributed by atoms with Crippen LogP contribution in [0.2, 0.25) is 0 Å². The van der Waals surface area contributed by atoms with Crippen molar-refractivity contribution in [3.05, 3.63) is 23.8 Å². The number of nitriles is 1. The molecule has 1 amide bonds. The Hall–Kier alpha value is -2.42. The summed E-state index contributed by atoms with van der Waals surface area (Å²) in [5.74, 6) is -0.0531. The summed E-state index contributed by atoms with van der Waals surface area (Å²) in [5.41, 5.74) is 1.77. The van der Waals surface area contributed by atoms with Crippen molar-refractivity contribution in [2.24, 2.45) is 0 Å². The Balaban J connectivity index is 1.86. The first-order valence-electron chi connectivity index (χ1n) is 6.20. The Morgan fingerprint density at radius 2 is 2.21 bits per heavy atom. The fourth-order valence-electron chi connectivity index (χ4n) is 2.09. The lowest BCUT2D eigenvalue weighted by Gasteiger charge is -2.21. The highest BCUT2D eigenvalue weighted by Gasteiger charge is 2.32. The highest BCUT2D eigenvalue weighted by Crippen LogP contribution is 2.28. The largest absolute Gasteiger partial charge is 0.335 e. The molecule has 1 aromatic heterocycles. The maximum absolute atomic E-state index is 12.4. The lowest BCUT2D eigenvalue weighted by atomic mass is 10.1. The maximum atomic E-state index is 12.4. The van der Waals surface area contributed by atoms with Crippen LogP contribution in [0.1, 0.15) is 29.6 Å². The smallest absolute Gasteiger partial charge is 0.254 e. The third-order valence-corrected chi connectivity index (χ3v) is 3.21. The summed E-state index contributed by atoms with van der Waals surface area (Å²) in [6, 6.07) is 7.48. The molecule has 96 valence electrons. The van der Waals surface area contributed by atoms with Crippen LogP contribution in [0.3, 0.4) is 0 Å². The van der Waals surface area contributed by atoms with Crippen molar-refractivity contribution in [1.82, 2.24) is 15.2 Å². The molecular weight excluding hydrogens is 244 g/mol. The van der Waals surface area contributed by atoms with Gasteiger partial charge in [0.2, 0.25) is 0 Å². The Morgan fingerprint density at radius 1 is 1.42 bits per heavy atom. The van der Waals surface area contributed by atoms with E-state index in [1.54, 1.807) is 23.1 Å². The molecule has 0 saturated heterocycles. The van der Waals surface area contributed by atoms with Crippen LogP contribution in [0, 0.1) is 11.3 Å². The van der Waals surface area contributed by atoms with Gasteiger partial charge in [-0.15, -0.1) is 0 Å². The van der Waals surface area contributed by atoms with Crippen LogP contribution in [0.4, 0.5) is 0 Å². The maximum Gasteiger partial charge on any atom is 0.254 e. The van der Waals surface area contributed by atoms with Crippen LogP contribution in [-0.2, 0) is 0 Å². The molecule has 19 heavy (non-hydrogen) atoms. The molecule has 1 heterocycles. The molecule has 1 aromatic carbocycles. The SMILES string of the molecule is N#CCCN(C(=O)c1ccc2nonc2c1)C1CC1. The van der Waals surface area contributed by atoms with Crippen LogP contribution in [0.25, 0.3) is 11.0 Å². The van der Waals surface area contributed by atoms with Gasteiger partial charge in [-0.1, -0.05) is 0 Å². The van der Waals surface area contributed by atoms with E-state index in [0.29, 0.717) is 29.6 Å². The molecule has 3 rings (SSSR count). The van der Waals surface area contributed by atoms with E-state index in [-0.39, 0.29) is 11.9 Å². The molecule has 0 bridgehead atoms. The molecular formula is C13H12N4O2. The minimum atomic E-state index is -0.0531. The Morgan fingerprint density at radius 3 is 2.95 bits per heavy atom. The molecule has 1 aliphatic carbocycles. The van der Waals surface area contributed by atoms with Crippen LogP contribution in [-0.4, -0.2) is 33.7 Å². The zero-order valence-electron chi connectivity index (χ0n) is 10.2. The van der Waals surface area contributed by atoms with Gasteiger partial charge in [0, 0.05) is 18.2 Å². The molecule has 0 aliphatic heterocycles. The van der Waals surface area contributed by atoms with E-state index >= 15 is 0 Å². The van der Waals surface area contributed by atoms with Crippen LogP contribution >= 0.6 is 0 Å². The van der Waals surface area contributed by atoms with Gasteiger partial charge in [-0.3, -0.25) is 4.79 Å². The summed E-state index contributed by atoms with van der Waals surface area (Å²) in [6.07, 6.45) is 2.39. The Bertz CT molecular complexity index is 654. The van der Waals surface area contributed by atoms with Crippen molar-refractivity contribution in [3.8, 4) is 6.07 Å². The van der Waals surface area contributed by atoms with Gasteiger partial charge in [0.05, 0.1) is 12.5 Å². The number of aromatic nitrogens is 2. The summed E-state index contributed by atoms with van der Waals surface area (Å²) in [5, 5.41) is 16.1. The van der Waals surface area contributed by atoms with Gasteiger partial charge in [0.25, 0.3) is 5.91 Å². The molecule has 6 heteroatoms. The van der Waals surface area contributed by atoms with E-state index in [9.17, 15) is 4.79 Å². The van der Waals surface area contributed by atoms with Gasteiger partial charge in [-0.05, 0) is 41.4 Å². The molecule has 6 nitrogen and oxygen atoms in total. The molecule has 0 N–H and O–H groups in total. The van der Waals surface area contributed by atoms with Crippen molar-refractivity contribution in [2.75, 3.05) is 6.54 Å². The number of rotatable bonds is 4.